The van der Waals surface area contributed by atoms with Gasteiger partial charge in [0, 0.05) is 38.2 Å². The van der Waals surface area contributed by atoms with Crippen molar-refractivity contribution >= 4 is 56.3 Å². The van der Waals surface area contributed by atoms with Crippen molar-refractivity contribution < 1.29 is 9.59 Å². The van der Waals surface area contributed by atoms with Gasteiger partial charge in [0.2, 0.25) is 0 Å². The number of aromatic nitrogens is 1. The molecule has 2 amide bonds. The minimum atomic E-state index is -0.365. The molecule has 1 heterocycles. The van der Waals surface area contributed by atoms with Crippen molar-refractivity contribution in [2.75, 3.05) is 6.54 Å². The van der Waals surface area contributed by atoms with Crippen LogP contribution in [0.25, 0.3) is 17.0 Å². The summed E-state index contributed by atoms with van der Waals surface area (Å²) in [5.41, 5.74) is 4.68. The van der Waals surface area contributed by atoms with Crippen LogP contribution in [0.3, 0.4) is 0 Å². The average Bonchev–Trinajstić information content (AvgIpc) is 3.15. The predicted octanol–water partition coefficient (Wildman–Crippen LogP) is 6.02. The first-order chi connectivity index (χ1) is 16.4. The topological polar surface area (TPSA) is 74.0 Å². The lowest BCUT2D eigenvalue weighted by Gasteiger charge is -2.12. The Balaban J connectivity index is 1.50. The average molecular weight is 537 g/mol. The molecule has 0 saturated heterocycles. The fourth-order valence-corrected chi connectivity index (χ4v) is 4.12. The number of aromatic amines is 1. The molecule has 5 nitrogen and oxygen atoms in total. The summed E-state index contributed by atoms with van der Waals surface area (Å²) in [6.07, 6.45) is 2.30. The number of nitrogens with one attached hydrogen (secondary N) is 3. The Labute approximate surface area is 211 Å². The number of hydrogen-bond donors (Lipinski definition) is 3. The summed E-state index contributed by atoms with van der Waals surface area (Å²) < 4.78 is 0.867. The van der Waals surface area contributed by atoms with E-state index in [1.54, 1.807) is 54.6 Å². The largest absolute Gasteiger partial charge is 0.358 e. The van der Waals surface area contributed by atoms with Crippen molar-refractivity contribution in [2.45, 2.75) is 13.3 Å². The van der Waals surface area contributed by atoms with Crippen molar-refractivity contribution in [2.24, 2.45) is 0 Å². The number of H-pyrrole nitrogens is 1. The lowest BCUT2D eigenvalue weighted by Crippen LogP contribution is -2.35. The van der Waals surface area contributed by atoms with E-state index in [0.29, 0.717) is 23.6 Å². The lowest BCUT2D eigenvalue weighted by molar-refractivity contribution is -0.117. The molecule has 3 N–H and O–H groups in total. The standard InChI is InChI=1S/C27H23BrClN3O2/c1-17-22(23-4-2-3-5-24(23)31-17)14-15-30-27(34)25(16-18-6-12-21(29)13-7-18)32-26(33)19-8-10-20(28)11-9-19/h2-13,16,31H,14-15H2,1H3,(H,30,34)(H,32,33)/b25-16-. The van der Waals surface area contributed by atoms with Crippen LogP contribution < -0.4 is 10.6 Å². The monoisotopic (exact) mass is 535 g/mol. The zero-order valence-electron chi connectivity index (χ0n) is 18.5. The van der Waals surface area contributed by atoms with Crippen molar-refractivity contribution in [3.8, 4) is 0 Å². The zero-order chi connectivity index (χ0) is 24.1. The number of para-hydroxylation sites is 1. The van der Waals surface area contributed by atoms with Crippen LogP contribution >= 0.6 is 27.5 Å². The third-order valence-electron chi connectivity index (χ3n) is 5.47. The van der Waals surface area contributed by atoms with Gasteiger partial charge in [0.05, 0.1) is 0 Å². The molecule has 0 saturated carbocycles. The zero-order valence-corrected chi connectivity index (χ0v) is 20.8. The fraction of sp³-hybridized carbons (Fsp3) is 0.111. The minimum absolute atomic E-state index is 0.158. The van der Waals surface area contributed by atoms with Crippen LogP contribution in [-0.2, 0) is 11.2 Å². The summed E-state index contributed by atoms with van der Waals surface area (Å²) in [5.74, 6) is -0.728. The Morgan fingerprint density at radius 2 is 1.71 bits per heavy atom. The molecule has 4 rings (SSSR count). The van der Waals surface area contributed by atoms with Gasteiger partial charge in [-0.15, -0.1) is 0 Å². The second-order valence-electron chi connectivity index (χ2n) is 7.85. The van der Waals surface area contributed by atoms with Crippen LogP contribution in [0.1, 0.15) is 27.2 Å². The Morgan fingerprint density at radius 1 is 1.00 bits per heavy atom. The normalized spacial score (nSPS) is 11.4. The van der Waals surface area contributed by atoms with Crippen molar-refractivity contribution in [1.82, 2.24) is 15.6 Å². The number of carbonyl (C=O) groups excluding carboxylic acids is 2. The maximum atomic E-state index is 13.1. The van der Waals surface area contributed by atoms with Gasteiger partial charge in [0.25, 0.3) is 11.8 Å². The first kappa shape index (κ1) is 23.8. The molecule has 3 aromatic carbocycles. The molecule has 0 aliphatic carbocycles. The molecule has 4 aromatic rings. The molecule has 0 unspecified atom stereocenters. The summed E-state index contributed by atoms with van der Waals surface area (Å²) in [4.78, 5) is 29.2. The smallest absolute Gasteiger partial charge is 0.267 e. The van der Waals surface area contributed by atoms with E-state index in [0.717, 1.165) is 32.2 Å². The first-order valence-electron chi connectivity index (χ1n) is 10.8. The number of hydrogen-bond acceptors (Lipinski definition) is 2. The molecule has 0 bridgehead atoms. The maximum Gasteiger partial charge on any atom is 0.267 e. The Bertz CT molecular complexity index is 1360. The van der Waals surface area contributed by atoms with Crippen LogP contribution in [0.15, 0.2) is 83.0 Å². The molecule has 0 radical (unpaired) electrons. The van der Waals surface area contributed by atoms with Gasteiger partial charge in [-0.05, 0) is 73.0 Å². The number of carbonyl (C=O) groups is 2. The quantitative estimate of drug-likeness (QED) is 0.253. The predicted molar refractivity (Wildman–Crippen MR) is 141 cm³/mol. The summed E-state index contributed by atoms with van der Waals surface area (Å²) in [6, 6.07) is 22.1. The van der Waals surface area contributed by atoms with Crippen LogP contribution in [-0.4, -0.2) is 23.3 Å². The summed E-state index contributed by atoms with van der Waals surface area (Å²) in [6.45, 7) is 2.45. The van der Waals surface area contributed by atoms with Crippen LogP contribution in [0.2, 0.25) is 5.02 Å². The summed E-state index contributed by atoms with van der Waals surface area (Å²) in [7, 11) is 0. The highest BCUT2D eigenvalue weighted by molar-refractivity contribution is 9.10. The first-order valence-corrected chi connectivity index (χ1v) is 12.0. The second-order valence-corrected chi connectivity index (χ2v) is 9.20. The molecular formula is C27H23BrClN3O2. The molecule has 34 heavy (non-hydrogen) atoms. The van der Waals surface area contributed by atoms with E-state index in [-0.39, 0.29) is 17.5 Å². The SMILES string of the molecule is Cc1[nH]c2ccccc2c1CCNC(=O)/C(=C/c1ccc(Cl)cc1)NC(=O)c1ccc(Br)cc1. The van der Waals surface area contributed by atoms with Crippen LogP contribution in [0.4, 0.5) is 0 Å². The molecule has 172 valence electrons. The second kappa shape index (κ2) is 10.7. The maximum absolute atomic E-state index is 13.1. The minimum Gasteiger partial charge on any atom is -0.358 e. The third kappa shape index (κ3) is 5.76. The Morgan fingerprint density at radius 3 is 2.44 bits per heavy atom. The van der Waals surface area contributed by atoms with E-state index in [2.05, 4.69) is 37.6 Å². The van der Waals surface area contributed by atoms with Gasteiger partial charge >= 0.3 is 0 Å². The number of amides is 2. The fourth-order valence-electron chi connectivity index (χ4n) is 3.73. The lowest BCUT2D eigenvalue weighted by atomic mass is 10.1. The van der Waals surface area contributed by atoms with E-state index in [1.165, 1.54) is 0 Å². The molecule has 0 spiro atoms. The molecule has 7 heteroatoms. The van der Waals surface area contributed by atoms with Crippen molar-refractivity contribution in [1.29, 1.82) is 0 Å². The van der Waals surface area contributed by atoms with Gasteiger partial charge in [-0.1, -0.05) is 57.9 Å². The summed E-state index contributed by atoms with van der Waals surface area (Å²) >= 11 is 9.35. The van der Waals surface area contributed by atoms with Crippen molar-refractivity contribution in [3.63, 3.8) is 0 Å². The summed E-state index contributed by atoms with van der Waals surface area (Å²) in [5, 5.41) is 7.44. The Hall–Kier alpha value is -3.35. The van der Waals surface area contributed by atoms with E-state index < -0.39 is 0 Å². The van der Waals surface area contributed by atoms with Gasteiger partial charge in [0.1, 0.15) is 5.70 Å². The Kier molecular flexibility index (Phi) is 7.50. The van der Waals surface area contributed by atoms with E-state index >= 15 is 0 Å². The number of halogens is 2. The van der Waals surface area contributed by atoms with Crippen molar-refractivity contribution in [3.05, 3.63) is 110 Å². The molecule has 1 aromatic heterocycles. The van der Waals surface area contributed by atoms with Gasteiger partial charge in [0.15, 0.2) is 0 Å². The van der Waals surface area contributed by atoms with Crippen LogP contribution in [0, 0.1) is 6.92 Å². The molecule has 0 aliphatic heterocycles. The van der Waals surface area contributed by atoms with Gasteiger partial charge in [-0.25, -0.2) is 0 Å². The molecule has 0 atom stereocenters. The van der Waals surface area contributed by atoms with Gasteiger partial charge < -0.3 is 15.6 Å². The molecule has 0 aliphatic rings. The number of aryl methyl sites for hydroxylation is 1. The molecular weight excluding hydrogens is 514 g/mol. The van der Waals surface area contributed by atoms with E-state index in [4.69, 9.17) is 11.6 Å². The van der Waals surface area contributed by atoms with Crippen LogP contribution in [0.5, 0.6) is 0 Å². The van der Waals surface area contributed by atoms with Gasteiger partial charge in [-0.2, -0.15) is 0 Å². The number of fused-ring (bicyclic) bond motifs is 1. The van der Waals surface area contributed by atoms with E-state index in [1.807, 2.05) is 25.1 Å². The number of benzene rings is 3. The van der Waals surface area contributed by atoms with Gasteiger partial charge in [-0.3, -0.25) is 9.59 Å². The third-order valence-corrected chi connectivity index (χ3v) is 6.25. The highest BCUT2D eigenvalue weighted by atomic mass is 79.9. The molecule has 0 fully saturated rings. The number of rotatable bonds is 7. The highest BCUT2D eigenvalue weighted by Gasteiger charge is 2.15. The highest BCUT2D eigenvalue weighted by Crippen LogP contribution is 2.22. The van der Waals surface area contributed by atoms with E-state index in [9.17, 15) is 9.59 Å².